The predicted octanol–water partition coefficient (Wildman–Crippen LogP) is 1.03. The smallest absolute Gasteiger partial charge is 0.307 e. The first-order chi connectivity index (χ1) is 6.22. The molecular formula is C10H13NO2. The van der Waals surface area contributed by atoms with Gasteiger partial charge in [-0.25, -0.2) is 0 Å². The van der Waals surface area contributed by atoms with Crippen molar-refractivity contribution < 1.29 is 9.90 Å². The highest BCUT2D eigenvalue weighted by Gasteiger charge is 1.99. The summed E-state index contributed by atoms with van der Waals surface area (Å²) in [5.41, 5.74) is 2.00. The minimum Gasteiger partial charge on any atom is -0.481 e. The zero-order valence-corrected chi connectivity index (χ0v) is 7.58. The van der Waals surface area contributed by atoms with Crippen LogP contribution in [0, 0.1) is 0 Å². The number of carboxylic acid groups (broad SMARTS) is 1. The Morgan fingerprint density at radius 3 is 2.31 bits per heavy atom. The summed E-state index contributed by atoms with van der Waals surface area (Å²) in [5, 5.41) is 11.6. The molecule has 1 rings (SSSR count). The lowest BCUT2D eigenvalue weighted by Crippen LogP contribution is -2.05. The minimum atomic E-state index is -0.790. The number of aliphatic carboxylic acids is 1. The number of rotatable bonds is 4. The largest absolute Gasteiger partial charge is 0.481 e. The van der Waals surface area contributed by atoms with E-state index in [1.54, 1.807) is 0 Å². The monoisotopic (exact) mass is 179 g/mol. The highest BCUT2D eigenvalue weighted by molar-refractivity contribution is 5.70. The number of carbonyl (C=O) groups is 1. The fourth-order valence-electron chi connectivity index (χ4n) is 1.15. The van der Waals surface area contributed by atoms with Crippen LogP contribution in [0.2, 0.25) is 0 Å². The van der Waals surface area contributed by atoms with E-state index in [9.17, 15) is 4.79 Å². The molecule has 0 aliphatic heterocycles. The van der Waals surface area contributed by atoms with E-state index in [2.05, 4.69) is 5.32 Å². The van der Waals surface area contributed by atoms with Crippen LogP contribution in [0.3, 0.4) is 0 Å². The van der Waals surface area contributed by atoms with Crippen LogP contribution in [0.15, 0.2) is 24.3 Å². The fraction of sp³-hybridized carbons (Fsp3) is 0.300. The summed E-state index contributed by atoms with van der Waals surface area (Å²) in [4.78, 5) is 10.4. The molecule has 0 unspecified atom stereocenters. The van der Waals surface area contributed by atoms with Crippen molar-refractivity contribution in [2.24, 2.45) is 0 Å². The van der Waals surface area contributed by atoms with Crippen molar-refractivity contribution in [3.8, 4) is 0 Å². The Labute approximate surface area is 77.4 Å². The van der Waals surface area contributed by atoms with E-state index in [1.807, 2.05) is 31.3 Å². The van der Waals surface area contributed by atoms with E-state index in [1.165, 1.54) is 0 Å². The molecule has 1 aromatic carbocycles. The van der Waals surface area contributed by atoms with Gasteiger partial charge in [0.25, 0.3) is 0 Å². The number of carboxylic acids is 1. The normalized spacial score (nSPS) is 9.92. The van der Waals surface area contributed by atoms with Gasteiger partial charge in [0.15, 0.2) is 0 Å². The molecule has 2 N–H and O–H groups in total. The standard InChI is InChI=1S/C10H13NO2/c1-11-7-9-4-2-8(3-5-9)6-10(12)13/h2-5,11H,6-7H2,1H3,(H,12,13). The quantitative estimate of drug-likeness (QED) is 0.725. The third-order valence-electron chi connectivity index (χ3n) is 1.76. The molecule has 0 atom stereocenters. The van der Waals surface area contributed by atoms with Crippen molar-refractivity contribution in [3.05, 3.63) is 35.4 Å². The predicted molar refractivity (Wildman–Crippen MR) is 50.5 cm³/mol. The lowest BCUT2D eigenvalue weighted by atomic mass is 10.1. The second kappa shape index (κ2) is 4.62. The number of nitrogens with one attached hydrogen (secondary N) is 1. The molecule has 3 nitrogen and oxygen atoms in total. The van der Waals surface area contributed by atoms with Crippen LogP contribution in [0.1, 0.15) is 11.1 Å². The summed E-state index contributed by atoms with van der Waals surface area (Å²) < 4.78 is 0. The van der Waals surface area contributed by atoms with E-state index in [4.69, 9.17) is 5.11 Å². The molecule has 0 aliphatic rings. The fourth-order valence-corrected chi connectivity index (χ4v) is 1.15. The van der Waals surface area contributed by atoms with Crippen LogP contribution in [0.5, 0.6) is 0 Å². The van der Waals surface area contributed by atoms with Gasteiger partial charge in [-0.15, -0.1) is 0 Å². The summed E-state index contributed by atoms with van der Waals surface area (Å²) in [6, 6.07) is 7.57. The third kappa shape index (κ3) is 3.25. The van der Waals surface area contributed by atoms with Crippen LogP contribution < -0.4 is 5.32 Å². The summed E-state index contributed by atoms with van der Waals surface area (Å²) in [6.07, 6.45) is 0.0971. The van der Waals surface area contributed by atoms with E-state index in [0.29, 0.717) is 0 Å². The average Bonchev–Trinajstić information content (AvgIpc) is 2.08. The van der Waals surface area contributed by atoms with Gasteiger partial charge in [0, 0.05) is 6.54 Å². The van der Waals surface area contributed by atoms with E-state index in [-0.39, 0.29) is 6.42 Å². The van der Waals surface area contributed by atoms with E-state index >= 15 is 0 Å². The van der Waals surface area contributed by atoms with Gasteiger partial charge in [0.05, 0.1) is 6.42 Å². The molecule has 0 heterocycles. The zero-order valence-electron chi connectivity index (χ0n) is 7.58. The first-order valence-corrected chi connectivity index (χ1v) is 4.16. The zero-order chi connectivity index (χ0) is 9.68. The summed E-state index contributed by atoms with van der Waals surface area (Å²) in [6.45, 7) is 0.813. The molecule has 0 saturated heterocycles. The van der Waals surface area contributed by atoms with Crippen molar-refractivity contribution in [1.82, 2.24) is 5.32 Å². The van der Waals surface area contributed by atoms with Crippen LogP contribution in [-0.4, -0.2) is 18.1 Å². The molecule has 70 valence electrons. The minimum absolute atomic E-state index is 0.0971. The van der Waals surface area contributed by atoms with Crippen LogP contribution in [0.25, 0.3) is 0 Å². The molecule has 3 heteroatoms. The molecule has 1 aromatic rings. The topological polar surface area (TPSA) is 49.3 Å². The number of hydrogen-bond acceptors (Lipinski definition) is 2. The molecule has 0 aromatic heterocycles. The molecule has 0 aliphatic carbocycles. The van der Waals surface area contributed by atoms with Crippen molar-refractivity contribution in [1.29, 1.82) is 0 Å². The Morgan fingerprint density at radius 2 is 1.85 bits per heavy atom. The second-order valence-electron chi connectivity index (χ2n) is 2.92. The molecular weight excluding hydrogens is 166 g/mol. The SMILES string of the molecule is CNCc1ccc(CC(=O)O)cc1. The molecule has 0 amide bonds. The van der Waals surface area contributed by atoms with Crippen molar-refractivity contribution in [2.45, 2.75) is 13.0 Å². The van der Waals surface area contributed by atoms with Gasteiger partial charge in [0.2, 0.25) is 0 Å². The van der Waals surface area contributed by atoms with Crippen LogP contribution in [-0.2, 0) is 17.8 Å². The third-order valence-corrected chi connectivity index (χ3v) is 1.76. The molecule has 0 radical (unpaired) electrons. The van der Waals surface area contributed by atoms with Gasteiger partial charge >= 0.3 is 5.97 Å². The first kappa shape index (κ1) is 9.74. The molecule has 0 spiro atoms. The molecule has 13 heavy (non-hydrogen) atoms. The Hall–Kier alpha value is -1.35. The van der Waals surface area contributed by atoms with Gasteiger partial charge in [0.1, 0.15) is 0 Å². The second-order valence-corrected chi connectivity index (χ2v) is 2.92. The first-order valence-electron chi connectivity index (χ1n) is 4.16. The summed E-state index contributed by atoms with van der Waals surface area (Å²) >= 11 is 0. The molecule has 0 saturated carbocycles. The van der Waals surface area contributed by atoms with Gasteiger partial charge in [-0.05, 0) is 18.2 Å². The van der Waals surface area contributed by atoms with Crippen molar-refractivity contribution in [3.63, 3.8) is 0 Å². The maximum Gasteiger partial charge on any atom is 0.307 e. The Balaban J connectivity index is 2.64. The van der Waals surface area contributed by atoms with Crippen molar-refractivity contribution in [2.75, 3.05) is 7.05 Å². The average molecular weight is 179 g/mol. The summed E-state index contributed by atoms with van der Waals surface area (Å²) in [5.74, 6) is -0.790. The Kier molecular flexibility index (Phi) is 3.46. The highest BCUT2D eigenvalue weighted by Crippen LogP contribution is 2.04. The van der Waals surface area contributed by atoms with Crippen molar-refractivity contribution >= 4 is 5.97 Å². The summed E-state index contributed by atoms with van der Waals surface area (Å²) in [7, 11) is 1.88. The van der Waals surface area contributed by atoms with E-state index in [0.717, 1.165) is 17.7 Å². The van der Waals surface area contributed by atoms with Crippen LogP contribution in [0.4, 0.5) is 0 Å². The molecule has 0 fully saturated rings. The maximum absolute atomic E-state index is 10.4. The van der Waals surface area contributed by atoms with E-state index < -0.39 is 5.97 Å². The van der Waals surface area contributed by atoms with Gasteiger partial charge in [-0.1, -0.05) is 24.3 Å². The number of hydrogen-bond donors (Lipinski definition) is 2. The number of benzene rings is 1. The lowest BCUT2D eigenvalue weighted by Gasteiger charge is -2.01. The highest BCUT2D eigenvalue weighted by atomic mass is 16.4. The molecule has 0 bridgehead atoms. The lowest BCUT2D eigenvalue weighted by molar-refractivity contribution is -0.136. The van der Waals surface area contributed by atoms with Crippen LogP contribution >= 0.6 is 0 Å². The Morgan fingerprint density at radius 1 is 1.31 bits per heavy atom. The van der Waals surface area contributed by atoms with Gasteiger partial charge in [-0.2, -0.15) is 0 Å². The maximum atomic E-state index is 10.4. The van der Waals surface area contributed by atoms with Gasteiger partial charge in [-0.3, -0.25) is 4.79 Å². The van der Waals surface area contributed by atoms with Gasteiger partial charge < -0.3 is 10.4 Å². The Bertz CT molecular complexity index is 279.